The molecular weight excluding hydrogens is 1290 g/mol. The standard InChI is InChI=1S/C40H60N12O22S4.4K/c1-3-51(17-26(56)32(60)34(62)28(58)20-55)39-47-35(41-11-13-75(63,64)65)45-37(49-39)43-23-9-7-21(29(15-23)77(69,70)71)5-6-22-8-10-24(16-30(22)78(72,73)74)44-38-46-36(42-12-14-76(66,67)68)48-40(50-38)52(4-2)25(18-53)31(59)33(61)27(57)19-54;;;;/h5-10,15-16,25-28,31-34,53-62H,3-4,11-14,17-20H2,1-2H3,(H,63,64,65)(H,66,67,68)(H,69,70,71)(H,72,73,74)(H2,41,43,45,47,49)(H2,42,44,46,48,50);;;;/q;4*+1/p-4. The minimum atomic E-state index is -5.42. The van der Waals surface area contributed by atoms with Gasteiger partial charge in [-0.15, -0.1) is 0 Å². The van der Waals surface area contributed by atoms with E-state index in [9.17, 15) is 97.8 Å². The summed E-state index contributed by atoms with van der Waals surface area (Å²) in [6.45, 7) is -1.69. The Morgan fingerprint density at radius 2 is 0.890 bits per heavy atom. The number of benzene rings is 2. The molecule has 14 N–H and O–H groups in total. The van der Waals surface area contributed by atoms with Crippen LogP contribution < -0.4 is 237 Å². The molecule has 34 nitrogen and oxygen atoms in total. The van der Waals surface area contributed by atoms with Crippen LogP contribution in [0.5, 0.6) is 0 Å². The molecule has 0 amide bonds. The van der Waals surface area contributed by atoms with E-state index in [-0.39, 0.29) is 247 Å². The number of nitrogens with one attached hydrogen (secondary N) is 4. The monoisotopic (exact) mass is 1340 g/mol. The van der Waals surface area contributed by atoms with Crippen LogP contribution in [0.2, 0.25) is 0 Å². The van der Waals surface area contributed by atoms with Crippen molar-refractivity contribution in [3.8, 4) is 0 Å². The molecule has 2 aromatic heterocycles. The van der Waals surface area contributed by atoms with E-state index in [4.69, 9.17) is 5.11 Å². The Bertz CT molecular complexity index is 3180. The van der Waals surface area contributed by atoms with Crippen molar-refractivity contribution in [3.05, 3.63) is 47.5 Å². The van der Waals surface area contributed by atoms with Crippen molar-refractivity contribution in [3.63, 3.8) is 0 Å². The molecule has 42 heteroatoms. The van der Waals surface area contributed by atoms with Crippen molar-refractivity contribution in [2.45, 2.75) is 72.4 Å². The van der Waals surface area contributed by atoms with Crippen molar-refractivity contribution < 1.29 is 308 Å². The zero-order valence-corrected chi connectivity index (χ0v) is 60.6. The van der Waals surface area contributed by atoms with Gasteiger partial charge in [0.1, 0.15) is 63.0 Å². The van der Waals surface area contributed by atoms with Crippen LogP contribution in [-0.4, -0.2) is 246 Å². The first-order valence-electron chi connectivity index (χ1n) is 22.7. The number of hydrogen-bond donors (Lipinski definition) is 14. The predicted molar refractivity (Wildman–Crippen MR) is 268 cm³/mol. The molecule has 0 aliphatic rings. The fourth-order valence-corrected chi connectivity index (χ4v) is 9.04. The number of anilines is 8. The van der Waals surface area contributed by atoms with E-state index >= 15 is 0 Å². The molecule has 0 fully saturated rings. The first kappa shape index (κ1) is 82.8. The van der Waals surface area contributed by atoms with E-state index in [0.717, 1.165) is 41.3 Å². The number of aliphatic hydroxyl groups is 10. The molecule has 2 aromatic carbocycles. The normalized spacial score (nSPS) is 14.9. The summed E-state index contributed by atoms with van der Waals surface area (Å²) in [4.78, 5) is 25.2. The van der Waals surface area contributed by atoms with Crippen molar-refractivity contribution in [2.24, 2.45) is 0 Å². The fourth-order valence-electron chi connectivity index (χ4n) is 6.94. The molecule has 0 saturated heterocycles. The van der Waals surface area contributed by atoms with Crippen LogP contribution in [0.4, 0.5) is 47.1 Å². The van der Waals surface area contributed by atoms with Gasteiger partial charge in [-0.3, -0.25) is 0 Å². The van der Waals surface area contributed by atoms with Gasteiger partial charge < -0.3 is 100 Å². The summed E-state index contributed by atoms with van der Waals surface area (Å²) < 4.78 is 144. The van der Waals surface area contributed by atoms with Crippen LogP contribution >= 0.6 is 0 Å². The van der Waals surface area contributed by atoms with Gasteiger partial charge in [0.25, 0.3) is 0 Å². The summed E-state index contributed by atoms with van der Waals surface area (Å²) in [5.74, 6) is -4.37. The Hall–Kier alpha value is 0.785. The van der Waals surface area contributed by atoms with Gasteiger partial charge in [-0.05, 0) is 49.2 Å². The second-order valence-corrected chi connectivity index (χ2v) is 22.3. The quantitative estimate of drug-likeness (QED) is 0.0123. The van der Waals surface area contributed by atoms with Crippen LogP contribution in [0.1, 0.15) is 25.0 Å². The Labute approximate surface area is 641 Å². The first-order chi connectivity index (χ1) is 36.3. The van der Waals surface area contributed by atoms with E-state index in [2.05, 4.69) is 51.2 Å². The Morgan fingerprint density at radius 1 is 0.512 bits per heavy atom. The van der Waals surface area contributed by atoms with Crippen molar-refractivity contribution in [2.75, 3.05) is 95.1 Å². The van der Waals surface area contributed by atoms with E-state index in [1.807, 2.05) is 0 Å². The fraction of sp³-hybridized carbons (Fsp3) is 0.500. The molecular formula is C40H56K4N12O22S4. The average Bonchev–Trinajstić information content (AvgIpc) is 3.36. The molecule has 0 spiro atoms. The summed E-state index contributed by atoms with van der Waals surface area (Å²) in [5, 5.41) is 111. The summed E-state index contributed by atoms with van der Waals surface area (Å²) in [5.41, 5.74) is -1.17. The molecule has 0 aliphatic heterocycles. The molecule has 8 atom stereocenters. The molecule has 8 unspecified atom stereocenters. The largest absolute Gasteiger partial charge is 1.00 e. The topological polar surface area (TPSA) is 563 Å². The Morgan fingerprint density at radius 3 is 1.26 bits per heavy atom. The molecule has 2 heterocycles. The maximum absolute atomic E-state index is 12.7. The third-order valence-corrected chi connectivity index (χ3v) is 14.1. The minimum Gasteiger partial charge on any atom is -0.748 e. The maximum atomic E-state index is 12.7. The summed E-state index contributed by atoms with van der Waals surface area (Å²) >= 11 is 0. The van der Waals surface area contributed by atoms with E-state index in [0.29, 0.717) is 0 Å². The van der Waals surface area contributed by atoms with Crippen LogP contribution in [0, 0.1) is 0 Å². The molecule has 0 saturated carbocycles. The molecule has 82 heavy (non-hydrogen) atoms. The zero-order valence-electron chi connectivity index (χ0n) is 44.9. The van der Waals surface area contributed by atoms with Gasteiger partial charge in [-0.1, -0.05) is 24.3 Å². The number of nitrogens with zero attached hydrogens (tertiary/aromatic N) is 8. The Kier molecular flexibility index (Phi) is 38.2. The van der Waals surface area contributed by atoms with Gasteiger partial charge in [0.15, 0.2) is 0 Å². The number of rotatable bonds is 32. The first-order valence-corrected chi connectivity index (χ1v) is 28.7. The number of aliphatic hydroxyl groups excluding tert-OH is 10. The third kappa shape index (κ3) is 26.3. The van der Waals surface area contributed by atoms with Crippen molar-refractivity contribution in [1.29, 1.82) is 0 Å². The average molecular weight is 1340 g/mol. The van der Waals surface area contributed by atoms with Crippen LogP contribution in [0.25, 0.3) is 12.2 Å². The van der Waals surface area contributed by atoms with Gasteiger partial charge >= 0.3 is 206 Å². The van der Waals surface area contributed by atoms with E-state index < -0.39 is 180 Å². The van der Waals surface area contributed by atoms with Gasteiger partial charge in [0.05, 0.1) is 67.4 Å². The molecule has 0 radical (unpaired) electrons. The second-order valence-electron chi connectivity index (χ2n) is 16.5. The van der Waals surface area contributed by atoms with Gasteiger partial charge in [-0.2, -0.15) is 29.9 Å². The predicted octanol–water partition coefficient (Wildman–Crippen LogP) is -18.0. The van der Waals surface area contributed by atoms with Crippen LogP contribution in [0.3, 0.4) is 0 Å². The van der Waals surface area contributed by atoms with Crippen LogP contribution in [-0.2, 0) is 40.5 Å². The smallest absolute Gasteiger partial charge is 0.748 e. The number of aromatic nitrogens is 6. The van der Waals surface area contributed by atoms with Crippen LogP contribution in [0.15, 0.2) is 46.2 Å². The van der Waals surface area contributed by atoms with Gasteiger partial charge in [-0.25, -0.2) is 33.7 Å². The summed E-state index contributed by atoms with van der Waals surface area (Å²) in [6.07, 6.45) is -11.6. The van der Waals surface area contributed by atoms with E-state index in [1.54, 1.807) is 0 Å². The SMILES string of the molecule is CCN(CC(O)C(O)C(O)C(O)CO)c1nc(NCCS(=O)(=O)[O-])nc(Nc2ccc(C=Cc3ccc(Nc4nc(NCCS(=O)(=O)[O-])nc(N(CC)C(CO)C(O)C(O)C(O)CO)n4)cc3S(=O)(=O)[O-])c(S(=O)(=O)[O-])c2)n1.[K+].[K+].[K+].[K+]. The number of hydrogen-bond acceptors (Lipinski definition) is 34. The summed E-state index contributed by atoms with van der Waals surface area (Å²) in [6, 6.07) is 4.60. The van der Waals surface area contributed by atoms with Crippen molar-refractivity contribution in [1.82, 2.24) is 29.9 Å². The molecule has 4 aromatic rings. The second kappa shape index (κ2) is 37.8. The minimum absolute atomic E-state index is 0. The van der Waals surface area contributed by atoms with Gasteiger partial charge in [0, 0.05) is 44.1 Å². The molecule has 4 rings (SSSR count). The maximum Gasteiger partial charge on any atom is 1.00 e. The number of likely N-dealkylation sites (N-methyl/N-ethyl adjacent to an activating group) is 2. The van der Waals surface area contributed by atoms with Gasteiger partial charge in [0.2, 0.25) is 35.7 Å². The van der Waals surface area contributed by atoms with Crippen molar-refractivity contribution >= 4 is 99.7 Å². The molecule has 0 bridgehead atoms. The molecule has 436 valence electrons. The van der Waals surface area contributed by atoms with E-state index in [1.165, 1.54) is 30.9 Å². The third-order valence-electron chi connectivity index (χ3n) is 10.9. The summed E-state index contributed by atoms with van der Waals surface area (Å²) in [7, 11) is -20.3. The Balaban J connectivity index is 0.0000164. The molecule has 0 aliphatic carbocycles. The zero-order chi connectivity index (χ0) is 58.5.